The van der Waals surface area contributed by atoms with Crippen molar-refractivity contribution >= 4 is 23.4 Å². The number of amides is 2. The quantitative estimate of drug-likeness (QED) is 0.713. The Morgan fingerprint density at radius 2 is 1.95 bits per heavy atom. The van der Waals surface area contributed by atoms with Crippen LogP contribution in [0.1, 0.15) is 21.7 Å². The summed E-state index contributed by atoms with van der Waals surface area (Å²) in [6, 6.07) is 3.70. The number of rotatable bonds is 5. The van der Waals surface area contributed by atoms with Gasteiger partial charge >= 0.3 is 5.97 Å². The number of nitrogens with zero attached hydrogens (tertiary/aromatic N) is 2. The average Bonchev–Trinajstić information content (AvgIpc) is 2.80. The van der Waals surface area contributed by atoms with Gasteiger partial charge in [-0.2, -0.15) is 0 Å². The maximum absolute atomic E-state index is 12.2. The second-order valence-electron chi connectivity index (χ2n) is 4.78. The van der Waals surface area contributed by atoms with Crippen molar-refractivity contribution in [2.75, 3.05) is 13.1 Å². The summed E-state index contributed by atoms with van der Waals surface area (Å²) in [5, 5.41) is 13.1. The highest BCUT2D eigenvalue weighted by Gasteiger charge is 2.17. The molecule has 0 aliphatic heterocycles. The Hall–Kier alpha value is -2.90. The van der Waals surface area contributed by atoms with Gasteiger partial charge in [-0.3, -0.25) is 18.8 Å². The minimum Gasteiger partial charge on any atom is -0.480 e. The first kappa shape index (κ1) is 15.5. The highest BCUT2D eigenvalue weighted by molar-refractivity contribution is 5.97. The van der Waals surface area contributed by atoms with Crippen molar-refractivity contribution in [3.8, 4) is 0 Å². The molecule has 2 aromatic rings. The van der Waals surface area contributed by atoms with E-state index in [0.29, 0.717) is 17.0 Å². The minimum atomic E-state index is -1.15. The Morgan fingerprint density at radius 1 is 1.23 bits per heavy atom. The summed E-state index contributed by atoms with van der Waals surface area (Å²) in [5.74, 6) is -2.16. The van der Waals surface area contributed by atoms with Crippen molar-refractivity contribution in [1.29, 1.82) is 0 Å². The number of hydrogen-bond donors (Lipinski definition) is 3. The fourth-order valence-corrected chi connectivity index (χ4v) is 2.07. The summed E-state index contributed by atoms with van der Waals surface area (Å²) < 4.78 is 1.66. The van der Waals surface area contributed by atoms with E-state index < -0.39 is 24.3 Å². The molecule has 22 heavy (non-hydrogen) atoms. The van der Waals surface area contributed by atoms with Gasteiger partial charge in [0.15, 0.2) is 0 Å². The number of hydrogen-bond acceptors (Lipinski definition) is 4. The number of carboxylic acid groups (broad SMARTS) is 1. The van der Waals surface area contributed by atoms with Gasteiger partial charge in [-0.15, -0.1) is 0 Å². The van der Waals surface area contributed by atoms with Crippen LogP contribution < -0.4 is 10.6 Å². The summed E-state index contributed by atoms with van der Waals surface area (Å²) in [7, 11) is 0. The monoisotopic (exact) mass is 304 g/mol. The second kappa shape index (κ2) is 6.25. The Balaban J connectivity index is 2.10. The number of aromatic nitrogens is 2. The van der Waals surface area contributed by atoms with Gasteiger partial charge in [0.1, 0.15) is 17.9 Å². The lowest BCUT2D eigenvalue weighted by molar-refractivity contribution is -0.137. The fraction of sp³-hybridized carbons (Fsp3) is 0.286. The van der Waals surface area contributed by atoms with E-state index >= 15 is 0 Å². The summed E-state index contributed by atoms with van der Waals surface area (Å²) in [6.07, 6.45) is 1.72. The van der Waals surface area contributed by atoms with Crippen LogP contribution in [0.5, 0.6) is 0 Å². The normalized spacial score (nSPS) is 10.5. The third kappa shape index (κ3) is 3.22. The maximum Gasteiger partial charge on any atom is 0.322 e. The van der Waals surface area contributed by atoms with Crippen LogP contribution in [0.4, 0.5) is 0 Å². The van der Waals surface area contributed by atoms with Crippen LogP contribution in [0.25, 0.3) is 5.65 Å². The maximum atomic E-state index is 12.2. The van der Waals surface area contributed by atoms with Crippen LogP contribution in [0.15, 0.2) is 18.3 Å². The largest absolute Gasteiger partial charge is 0.480 e. The first-order chi connectivity index (χ1) is 10.4. The van der Waals surface area contributed by atoms with Gasteiger partial charge < -0.3 is 15.7 Å². The molecule has 0 bridgehead atoms. The first-order valence-electron chi connectivity index (χ1n) is 6.61. The van der Waals surface area contributed by atoms with Gasteiger partial charge in [0.05, 0.1) is 12.2 Å². The van der Waals surface area contributed by atoms with E-state index in [1.54, 1.807) is 23.6 Å². The standard InChI is InChI=1S/C14H16N4O4/c1-8-4-3-5-18-12(9(2)17-13(8)18)14(22)16-6-10(19)15-7-11(20)21/h3-5H,6-7H2,1-2H3,(H,15,19)(H,16,22)(H,20,21). The molecule has 0 radical (unpaired) electrons. The van der Waals surface area contributed by atoms with E-state index in [1.807, 2.05) is 13.0 Å². The molecule has 3 N–H and O–H groups in total. The zero-order chi connectivity index (χ0) is 16.3. The molecule has 8 nitrogen and oxygen atoms in total. The predicted molar refractivity (Wildman–Crippen MR) is 77.6 cm³/mol. The number of aryl methyl sites for hydroxylation is 2. The molecule has 2 heterocycles. The van der Waals surface area contributed by atoms with Crippen LogP contribution in [0.2, 0.25) is 0 Å². The van der Waals surface area contributed by atoms with Crippen LogP contribution in [-0.4, -0.2) is 45.4 Å². The predicted octanol–water partition coefficient (Wildman–Crippen LogP) is -0.118. The zero-order valence-electron chi connectivity index (χ0n) is 12.2. The number of nitrogens with one attached hydrogen (secondary N) is 2. The summed E-state index contributed by atoms with van der Waals surface area (Å²) in [6.45, 7) is 2.82. The Morgan fingerprint density at radius 3 is 2.64 bits per heavy atom. The molecular weight excluding hydrogens is 288 g/mol. The highest BCUT2D eigenvalue weighted by atomic mass is 16.4. The van der Waals surface area contributed by atoms with E-state index in [9.17, 15) is 14.4 Å². The molecule has 0 atom stereocenters. The molecule has 8 heteroatoms. The Kier molecular flexibility index (Phi) is 4.40. The van der Waals surface area contributed by atoms with Gasteiger partial charge in [-0.1, -0.05) is 6.07 Å². The molecule has 2 amide bonds. The highest BCUT2D eigenvalue weighted by Crippen LogP contribution is 2.14. The van der Waals surface area contributed by atoms with Crippen molar-refractivity contribution in [1.82, 2.24) is 20.0 Å². The van der Waals surface area contributed by atoms with E-state index in [0.717, 1.165) is 5.56 Å². The van der Waals surface area contributed by atoms with E-state index in [4.69, 9.17) is 5.11 Å². The van der Waals surface area contributed by atoms with Gasteiger partial charge in [0.25, 0.3) is 5.91 Å². The van der Waals surface area contributed by atoms with Gasteiger partial charge in [-0.05, 0) is 25.5 Å². The van der Waals surface area contributed by atoms with Crippen molar-refractivity contribution in [2.45, 2.75) is 13.8 Å². The number of carboxylic acids is 1. The molecular formula is C14H16N4O4. The van der Waals surface area contributed by atoms with E-state index in [-0.39, 0.29) is 6.54 Å². The molecule has 0 aliphatic carbocycles. The Labute approximate surface area is 126 Å². The lowest BCUT2D eigenvalue weighted by Gasteiger charge is -2.06. The zero-order valence-corrected chi connectivity index (χ0v) is 12.2. The lowest BCUT2D eigenvalue weighted by Crippen LogP contribution is -2.39. The van der Waals surface area contributed by atoms with Crippen molar-refractivity contribution in [3.63, 3.8) is 0 Å². The van der Waals surface area contributed by atoms with Gasteiger partial charge in [0.2, 0.25) is 5.91 Å². The smallest absolute Gasteiger partial charge is 0.322 e. The SMILES string of the molecule is Cc1nc2c(C)cccn2c1C(=O)NCC(=O)NCC(=O)O. The first-order valence-corrected chi connectivity index (χ1v) is 6.61. The second-order valence-corrected chi connectivity index (χ2v) is 4.78. The topological polar surface area (TPSA) is 113 Å². The minimum absolute atomic E-state index is 0.301. The molecule has 0 aromatic carbocycles. The van der Waals surface area contributed by atoms with Crippen LogP contribution in [-0.2, 0) is 9.59 Å². The molecule has 0 saturated carbocycles. The molecule has 0 aliphatic rings. The van der Waals surface area contributed by atoms with Gasteiger partial charge in [-0.25, -0.2) is 4.98 Å². The van der Waals surface area contributed by atoms with Gasteiger partial charge in [0, 0.05) is 6.20 Å². The van der Waals surface area contributed by atoms with Crippen molar-refractivity contribution in [2.24, 2.45) is 0 Å². The van der Waals surface area contributed by atoms with Crippen LogP contribution >= 0.6 is 0 Å². The molecule has 0 spiro atoms. The number of carbonyl (C=O) groups is 3. The number of carbonyl (C=O) groups excluding carboxylic acids is 2. The molecule has 0 saturated heterocycles. The average molecular weight is 304 g/mol. The van der Waals surface area contributed by atoms with E-state index in [1.165, 1.54) is 0 Å². The fourth-order valence-electron chi connectivity index (χ4n) is 2.07. The molecule has 116 valence electrons. The lowest BCUT2D eigenvalue weighted by atomic mass is 10.3. The van der Waals surface area contributed by atoms with E-state index in [2.05, 4.69) is 15.6 Å². The third-order valence-electron chi connectivity index (χ3n) is 3.08. The molecule has 0 fully saturated rings. The summed E-state index contributed by atoms with van der Waals surface area (Å²) in [5.41, 5.74) is 2.52. The number of fused-ring (bicyclic) bond motifs is 1. The molecule has 2 aromatic heterocycles. The molecule has 0 unspecified atom stereocenters. The third-order valence-corrected chi connectivity index (χ3v) is 3.08. The number of aliphatic carboxylic acids is 1. The summed E-state index contributed by atoms with van der Waals surface area (Å²) >= 11 is 0. The number of pyridine rings is 1. The number of imidazole rings is 1. The van der Waals surface area contributed by atoms with Crippen LogP contribution in [0, 0.1) is 13.8 Å². The van der Waals surface area contributed by atoms with Crippen molar-refractivity contribution in [3.05, 3.63) is 35.3 Å². The summed E-state index contributed by atoms with van der Waals surface area (Å²) in [4.78, 5) is 38.3. The Bertz CT molecular complexity index is 751. The van der Waals surface area contributed by atoms with Crippen LogP contribution in [0.3, 0.4) is 0 Å². The van der Waals surface area contributed by atoms with Crippen molar-refractivity contribution < 1.29 is 19.5 Å². The molecule has 2 rings (SSSR count).